The zero-order chi connectivity index (χ0) is 6.69. The number of hydrogen-bond acceptors (Lipinski definition) is 4. The van der Waals surface area contributed by atoms with Crippen LogP contribution in [0.5, 0.6) is 0 Å². The number of anilines is 1. The zero-order valence-electron chi connectivity index (χ0n) is 5.82. The lowest BCUT2D eigenvalue weighted by Crippen LogP contribution is -2.00. The molecule has 0 radical (unpaired) electrons. The maximum Gasteiger partial charge on any atom is 0.180 e. The molecule has 0 aliphatic heterocycles. The molecule has 4 N–H and O–H groups in total. The van der Waals surface area contributed by atoms with E-state index in [0.29, 0.717) is 11.7 Å². The lowest BCUT2D eigenvalue weighted by Gasteiger charge is -1.85. The summed E-state index contributed by atoms with van der Waals surface area (Å²) in [6, 6.07) is 0. The first-order valence-electron chi connectivity index (χ1n) is 2.73. The first kappa shape index (κ1) is 13.6. The van der Waals surface area contributed by atoms with Gasteiger partial charge >= 0.3 is 0 Å². The van der Waals surface area contributed by atoms with E-state index < -0.39 is 0 Å². The van der Waals surface area contributed by atoms with Crippen molar-refractivity contribution in [3.8, 4) is 0 Å². The van der Waals surface area contributed by atoms with Gasteiger partial charge in [-0.05, 0) is 13.0 Å². The molecule has 1 aromatic heterocycles. The summed E-state index contributed by atoms with van der Waals surface area (Å²) < 4.78 is 0. The summed E-state index contributed by atoms with van der Waals surface area (Å²) in [5.41, 5.74) is 10.7. The second-order valence-corrected chi connectivity index (χ2v) is 2.85. The predicted molar refractivity (Wildman–Crippen MR) is 53.8 cm³/mol. The van der Waals surface area contributed by atoms with Crippen LogP contribution in [-0.4, -0.2) is 11.5 Å². The number of nitrogen functional groups attached to an aromatic ring is 1. The van der Waals surface area contributed by atoms with Gasteiger partial charge < -0.3 is 11.5 Å². The van der Waals surface area contributed by atoms with Gasteiger partial charge in [-0.15, -0.1) is 36.2 Å². The van der Waals surface area contributed by atoms with Gasteiger partial charge in [0.15, 0.2) is 5.13 Å². The Balaban J connectivity index is 0. The summed E-state index contributed by atoms with van der Waals surface area (Å²) in [5.74, 6) is 0. The van der Waals surface area contributed by atoms with E-state index in [1.54, 1.807) is 6.20 Å². The third kappa shape index (κ3) is 4.42. The van der Waals surface area contributed by atoms with Crippen LogP contribution in [0.4, 0.5) is 5.13 Å². The quantitative estimate of drug-likeness (QED) is 0.777. The molecule has 1 rings (SSSR count). The average molecular weight is 216 g/mol. The summed E-state index contributed by atoms with van der Waals surface area (Å²) in [6.07, 6.45) is 2.65. The van der Waals surface area contributed by atoms with Crippen LogP contribution in [0.15, 0.2) is 6.20 Å². The van der Waals surface area contributed by atoms with Crippen LogP contribution in [0.1, 0.15) is 4.88 Å². The number of thiazole rings is 1. The molecule has 0 bridgehead atoms. The Labute approximate surface area is 82.0 Å². The van der Waals surface area contributed by atoms with Crippen molar-refractivity contribution in [3.05, 3.63) is 11.1 Å². The summed E-state index contributed by atoms with van der Waals surface area (Å²) in [4.78, 5) is 5.04. The van der Waals surface area contributed by atoms with Crippen LogP contribution >= 0.6 is 36.2 Å². The topological polar surface area (TPSA) is 64.9 Å². The van der Waals surface area contributed by atoms with E-state index in [1.165, 1.54) is 11.3 Å². The van der Waals surface area contributed by atoms with E-state index in [0.717, 1.165) is 11.3 Å². The van der Waals surface area contributed by atoms with Crippen molar-refractivity contribution >= 4 is 41.3 Å². The first-order chi connectivity index (χ1) is 4.33. The van der Waals surface area contributed by atoms with Gasteiger partial charge in [0.1, 0.15) is 0 Å². The number of hydrogen-bond donors (Lipinski definition) is 2. The zero-order valence-corrected chi connectivity index (χ0v) is 8.27. The van der Waals surface area contributed by atoms with Crippen molar-refractivity contribution in [1.82, 2.24) is 4.98 Å². The molecule has 0 atom stereocenters. The first-order valence-corrected chi connectivity index (χ1v) is 3.55. The second kappa shape index (κ2) is 6.67. The maximum absolute atomic E-state index is 5.38. The fourth-order valence-corrected chi connectivity index (χ4v) is 1.28. The number of nitrogens with two attached hydrogens (primary N) is 2. The second-order valence-electron chi connectivity index (χ2n) is 1.70. The lowest BCUT2D eigenvalue weighted by molar-refractivity contribution is 0.984. The Morgan fingerprint density at radius 3 is 2.45 bits per heavy atom. The van der Waals surface area contributed by atoms with E-state index in [4.69, 9.17) is 11.5 Å². The van der Waals surface area contributed by atoms with Crippen LogP contribution in [0, 0.1) is 0 Å². The highest BCUT2D eigenvalue weighted by Crippen LogP contribution is 2.13. The normalized spacial score (nSPS) is 8.09. The Hall–Kier alpha value is -0.0300. The van der Waals surface area contributed by atoms with Gasteiger partial charge in [-0.3, -0.25) is 0 Å². The number of rotatable bonds is 2. The molecule has 0 saturated heterocycles. The molecule has 0 unspecified atom stereocenters. The standard InChI is InChI=1S/C5H9N3S.2ClH/c6-2-1-4-3-8-5(7)9-4;;/h3H,1-2,6H2,(H2,7,8);2*1H. The molecule has 0 aromatic carbocycles. The van der Waals surface area contributed by atoms with Gasteiger partial charge in [0.25, 0.3) is 0 Å². The number of halogens is 2. The Morgan fingerprint density at radius 2 is 2.09 bits per heavy atom. The lowest BCUT2D eigenvalue weighted by atomic mass is 10.4. The van der Waals surface area contributed by atoms with Crippen LogP contribution in [-0.2, 0) is 6.42 Å². The fourth-order valence-electron chi connectivity index (χ4n) is 0.580. The summed E-state index contributed by atoms with van der Waals surface area (Å²) in [6.45, 7) is 0.668. The molecule has 0 saturated carbocycles. The van der Waals surface area contributed by atoms with Crippen molar-refractivity contribution in [2.24, 2.45) is 5.73 Å². The smallest absolute Gasteiger partial charge is 0.180 e. The molecule has 1 heterocycles. The van der Waals surface area contributed by atoms with Gasteiger partial charge in [0.05, 0.1) is 0 Å². The highest BCUT2D eigenvalue weighted by molar-refractivity contribution is 7.15. The van der Waals surface area contributed by atoms with Gasteiger partial charge in [-0.25, -0.2) is 4.98 Å². The Kier molecular flexibility index (Phi) is 8.21. The third-order valence-electron chi connectivity index (χ3n) is 0.962. The minimum Gasteiger partial charge on any atom is -0.375 e. The van der Waals surface area contributed by atoms with Crippen LogP contribution in [0.3, 0.4) is 0 Å². The van der Waals surface area contributed by atoms with Crippen molar-refractivity contribution in [2.75, 3.05) is 12.3 Å². The van der Waals surface area contributed by atoms with E-state index in [9.17, 15) is 0 Å². The highest BCUT2D eigenvalue weighted by Gasteiger charge is 1.94. The third-order valence-corrected chi connectivity index (χ3v) is 1.85. The van der Waals surface area contributed by atoms with Crippen LogP contribution < -0.4 is 11.5 Å². The van der Waals surface area contributed by atoms with Crippen LogP contribution in [0.2, 0.25) is 0 Å². The van der Waals surface area contributed by atoms with Crippen molar-refractivity contribution in [1.29, 1.82) is 0 Å². The predicted octanol–water partition coefficient (Wildman–Crippen LogP) is 1.07. The molecule has 1 aromatic rings. The van der Waals surface area contributed by atoms with E-state index in [1.807, 2.05) is 0 Å². The number of aromatic nitrogens is 1. The minimum absolute atomic E-state index is 0. The minimum atomic E-state index is 0. The molecule has 6 heteroatoms. The summed E-state index contributed by atoms with van der Waals surface area (Å²) >= 11 is 1.50. The molecule has 0 aliphatic carbocycles. The molecular weight excluding hydrogens is 205 g/mol. The fraction of sp³-hybridized carbons (Fsp3) is 0.400. The average Bonchev–Trinajstić information content (AvgIpc) is 2.17. The van der Waals surface area contributed by atoms with E-state index >= 15 is 0 Å². The SMILES string of the molecule is Cl.Cl.NCCc1cnc(N)s1. The molecule has 0 spiro atoms. The van der Waals surface area contributed by atoms with Crippen LogP contribution in [0.25, 0.3) is 0 Å². The van der Waals surface area contributed by atoms with Gasteiger partial charge in [-0.1, -0.05) is 0 Å². The molecule has 66 valence electrons. The van der Waals surface area contributed by atoms with Crippen molar-refractivity contribution in [3.63, 3.8) is 0 Å². The summed E-state index contributed by atoms with van der Waals surface area (Å²) in [5, 5.41) is 0.624. The van der Waals surface area contributed by atoms with Crippen molar-refractivity contribution < 1.29 is 0 Å². The van der Waals surface area contributed by atoms with Gasteiger partial charge in [-0.2, -0.15) is 0 Å². The Bertz CT molecular complexity index is 192. The van der Waals surface area contributed by atoms with Gasteiger partial charge in [0, 0.05) is 11.1 Å². The molecule has 0 aliphatic rings. The molecular formula is C5H11Cl2N3S. The van der Waals surface area contributed by atoms with E-state index in [2.05, 4.69) is 4.98 Å². The largest absolute Gasteiger partial charge is 0.375 e. The summed E-state index contributed by atoms with van der Waals surface area (Å²) in [7, 11) is 0. The van der Waals surface area contributed by atoms with E-state index in [-0.39, 0.29) is 24.8 Å². The monoisotopic (exact) mass is 215 g/mol. The molecule has 11 heavy (non-hydrogen) atoms. The Morgan fingerprint density at radius 1 is 1.45 bits per heavy atom. The number of nitrogens with zero attached hydrogens (tertiary/aromatic N) is 1. The van der Waals surface area contributed by atoms with Gasteiger partial charge in [0.2, 0.25) is 0 Å². The highest BCUT2D eigenvalue weighted by atomic mass is 35.5. The molecule has 3 nitrogen and oxygen atoms in total. The van der Waals surface area contributed by atoms with Crippen molar-refractivity contribution in [2.45, 2.75) is 6.42 Å². The molecule has 0 fully saturated rings. The maximum atomic E-state index is 5.38. The molecule has 0 amide bonds.